The van der Waals surface area contributed by atoms with Crippen LogP contribution >= 0.6 is 11.8 Å². The lowest BCUT2D eigenvalue weighted by Crippen LogP contribution is -2.28. The Hall–Kier alpha value is -1.96. The van der Waals surface area contributed by atoms with Crippen molar-refractivity contribution in [1.29, 1.82) is 0 Å². The molecule has 7 nitrogen and oxygen atoms in total. The number of ketones is 1. The standard InChI is InChI=1S/C14H16N4O3S/c1-14(2)4-9-8(10(19)5-14)6-18-12(15-9)16-13(17-18)22-7-11(20)21-3/h6H,4-5,7H2,1-3H3. The molecule has 8 heteroatoms. The number of Topliss-reactive ketones (excluding diaryl/α,β-unsaturated/α-hetero) is 1. The van der Waals surface area contributed by atoms with Gasteiger partial charge in [-0.25, -0.2) is 9.50 Å². The molecule has 116 valence electrons. The molecule has 0 atom stereocenters. The fraction of sp³-hybridized carbons (Fsp3) is 0.500. The van der Waals surface area contributed by atoms with Crippen molar-refractivity contribution in [2.24, 2.45) is 5.41 Å². The average molecular weight is 320 g/mol. The van der Waals surface area contributed by atoms with Crippen LogP contribution in [0.3, 0.4) is 0 Å². The zero-order valence-corrected chi connectivity index (χ0v) is 13.4. The third-order valence-corrected chi connectivity index (χ3v) is 4.33. The summed E-state index contributed by atoms with van der Waals surface area (Å²) in [7, 11) is 1.34. The van der Waals surface area contributed by atoms with Crippen molar-refractivity contribution in [2.75, 3.05) is 12.9 Å². The van der Waals surface area contributed by atoms with E-state index >= 15 is 0 Å². The Morgan fingerprint density at radius 3 is 2.91 bits per heavy atom. The molecule has 0 bridgehead atoms. The molecule has 0 saturated heterocycles. The van der Waals surface area contributed by atoms with Crippen LogP contribution in [0.1, 0.15) is 36.3 Å². The van der Waals surface area contributed by atoms with Crippen molar-refractivity contribution >= 4 is 29.3 Å². The summed E-state index contributed by atoms with van der Waals surface area (Å²) in [5.41, 5.74) is 1.30. The number of aromatic nitrogens is 4. The first-order valence-corrected chi connectivity index (χ1v) is 7.86. The van der Waals surface area contributed by atoms with E-state index in [0.717, 1.165) is 12.1 Å². The van der Waals surface area contributed by atoms with Gasteiger partial charge in [0.1, 0.15) is 0 Å². The number of fused-ring (bicyclic) bond motifs is 2. The summed E-state index contributed by atoms with van der Waals surface area (Å²) in [6.07, 6.45) is 2.93. The number of hydrogen-bond donors (Lipinski definition) is 0. The van der Waals surface area contributed by atoms with E-state index in [1.807, 2.05) is 0 Å². The van der Waals surface area contributed by atoms with Crippen LogP contribution in [0.2, 0.25) is 0 Å². The molecule has 1 aliphatic rings. The second-order valence-electron chi connectivity index (χ2n) is 6.05. The number of hydrogen-bond acceptors (Lipinski definition) is 7. The molecule has 0 fully saturated rings. The predicted octanol–water partition coefficient (Wildman–Crippen LogP) is 1.54. The molecule has 3 rings (SSSR count). The van der Waals surface area contributed by atoms with Gasteiger partial charge in [-0.2, -0.15) is 4.98 Å². The first kappa shape index (κ1) is 15.0. The Labute approximate surface area is 131 Å². The van der Waals surface area contributed by atoms with Gasteiger partial charge in [-0.1, -0.05) is 25.6 Å². The Balaban J connectivity index is 1.93. The van der Waals surface area contributed by atoms with Gasteiger partial charge >= 0.3 is 5.97 Å². The van der Waals surface area contributed by atoms with E-state index in [2.05, 4.69) is 33.7 Å². The Morgan fingerprint density at radius 2 is 2.18 bits per heavy atom. The van der Waals surface area contributed by atoms with E-state index in [1.54, 1.807) is 6.20 Å². The van der Waals surface area contributed by atoms with Crippen LogP contribution in [0.5, 0.6) is 0 Å². The molecule has 0 N–H and O–H groups in total. The minimum atomic E-state index is -0.340. The third kappa shape index (κ3) is 2.83. The van der Waals surface area contributed by atoms with Crippen LogP contribution in [0, 0.1) is 5.41 Å². The van der Waals surface area contributed by atoms with Crippen molar-refractivity contribution < 1.29 is 14.3 Å². The van der Waals surface area contributed by atoms with Crippen LogP contribution < -0.4 is 0 Å². The highest BCUT2D eigenvalue weighted by Crippen LogP contribution is 2.33. The van der Waals surface area contributed by atoms with Crippen LogP contribution in [0.15, 0.2) is 11.4 Å². The van der Waals surface area contributed by atoms with E-state index in [4.69, 9.17) is 0 Å². The van der Waals surface area contributed by atoms with E-state index < -0.39 is 0 Å². The van der Waals surface area contributed by atoms with Gasteiger partial charge in [0.25, 0.3) is 5.78 Å². The Bertz CT molecular complexity index is 769. The molecule has 2 aromatic heterocycles. The highest BCUT2D eigenvalue weighted by atomic mass is 32.2. The molecule has 0 unspecified atom stereocenters. The molecule has 0 spiro atoms. The summed E-state index contributed by atoms with van der Waals surface area (Å²) in [6, 6.07) is 0. The number of carbonyl (C=O) groups excluding carboxylic acids is 2. The molecule has 0 amide bonds. The largest absolute Gasteiger partial charge is 0.468 e. The molecular weight excluding hydrogens is 304 g/mol. The average Bonchev–Trinajstić information content (AvgIpc) is 2.83. The highest BCUT2D eigenvalue weighted by Gasteiger charge is 2.32. The predicted molar refractivity (Wildman–Crippen MR) is 80.0 cm³/mol. The fourth-order valence-electron chi connectivity index (χ4n) is 2.49. The quantitative estimate of drug-likeness (QED) is 0.626. The number of nitrogens with zero attached hydrogens (tertiary/aromatic N) is 4. The van der Waals surface area contributed by atoms with Crippen LogP contribution in [-0.2, 0) is 16.0 Å². The van der Waals surface area contributed by atoms with Crippen molar-refractivity contribution in [3.05, 3.63) is 17.5 Å². The number of rotatable bonds is 3. The molecule has 22 heavy (non-hydrogen) atoms. The summed E-state index contributed by atoms with van der Waals surface area (Å²) < 4.78 is 6.08. The molecule has 0 saturated carbocycles. The second kappa shape index (κ2) is 5.35. The van der Waals surface area contributed by atoms with Gasteiger partial charge in [0.2, 0.25) is 5.16 Å². The summed E-state index contributed by atoms with van der Waals surface area (Å²) in [5.74, 6) is 0.323. The lowest BCUT2D eigenvalue weighted by Gasteiger charge is -2.28. The van der Waals surface area contributed by atoms with Gasteiger partial charge in [-0.15, -0.1) is 5.10 Å². The van der Waals surface area contributed by atoms with Gasteiger partial charge in [0.05, 0.1) is 24.1 Å². The van der Waals surface area contributed by atoms with Gasteiger partial charge in [0, 0.05) is 12.6 Å². The normalized spacial score (nSPS) is 16.6. The summed E-state index contributed by atoms with van der Waals surface area (Å²) in [5, 5.41) is 4.68. The molecule has 2 aromatic rings. The second-order valence-corrected chi connectivity index (χ2v) is 6.99. The van der Waals surface area contributed by atoms with E-state index in [-0.39, 0.29) is 22.9 Å². The molecule has 2 heterocycles. The van der Waals surface area contributed by atoms with Gasteiger partial charge in [-0.05, 0) is 11.8 Å². The van der Waals surface area contributed by atoms with E-state index in [1.165, 1.54) is 23.4 Å². The van der Waals surface area contributed by atoms with E-state index in [0.29, 0.717) is 22.9 Å². The number of thioether (sulfide) groups is 1. The molecule has 0 aliphatic heterocycles. The maximum Gasteiger partial charge on any atom is 0.316 e. The smallest absolute Gasteiger partial charge is 0.316 e. The minimum absolute atomic E-state index is 0.0833. The molecular formula is C14H16N4O3S. The lowest BCUT2D eigenvalue weighted by atomic mass is 9.76. The van der Waals surface area contributed by atoms with Gasteiger partial charge in [0.15, 0.2) is 5.78 Å². The maximum absolute atomic E-state index is 12.2. The molecule has 1 aliphatic carbocycles. The Morgan fingerprint density at radius 1 is 1.41 bits per heavy atom. The van der Waals surface area contributed by atoms with Gasteiger partial charge < -0.3 is 4.74 Å². The summed E-state index contributed by atoms with van der Waals surface area (Å²) >= 11 is 1.18. The van der Waals surface area contributed by atoms with Crippen molar-refractivity contribution in [3.63, 3.8) is 0 Å². The molecule has 0 aromatic carbocycles. The first-order valence-electron chi connectivity index (χ1n) is 6.87. The lowest BCUT2D eigenvalue weighted by molar-refractivity contribution is -0.137. The third-order valence-electron chi connectivity index (χ3n) is 3.52. The Kier molecular flexibility index (Phi) is 3.64. The summed E-state index contributed by atoms with van der Waals surface area (Å²) in [6.45, 7) is 4.11. The minimum Gasteiger partial charge on any atom is -0.468 e. The van der Waals surface area contributed by atoms with Crippen LogP contribution in [0.25, 0.3) is 5.78 Å². The SMILES string of the molecule is COC(=O)CSc1nc2nc3c(cn2n1)C(=O)CC(C)(C)C3. The fourth-order valence-corrected chi connectivity index (χ4v) is 3.15. The van der Waals surface area contributed by atoms with Gasteiger partial charge in [-0.3, -0.25) is 9.59 Å². The van der Waals surface area contributed by atoms with Crippen LogP contribution in [-0.4, -0.2) is 44.2 Å². The van der Waals surface area contributed by atoms with Crippen molar-refractivity contribution in [1.82, 2.24) is 19.6 Å². The van der Waals surface area contributed by atoms with Crippen molar-refractivity contribution in [2.45, 2.75) is 31.8 Å². The number of ether oxygens (including phenoxy) is 1. The van der Waals surface area contributed by atoms with E-state index in [9.17, 15) is 9.59 Å². The topological polar surface area (TPSA) is 86.4 Å². The first-order chi connectivity index (χ1) is 10.4. The zero-order chi connectivity index (χ0) is 15.9. The number of esters is 1. The number of methoxy groups -OCH3 is 1. The summed E-state index contributed by atoms with van der Waals surface area (Å²) in [4.78, 5) is 32.1. The zero-order valence-electron chi connectivity index (χ0n) is 12.6. The van der Waals surface area contributed by atoms with Crippen molar-refractivity contribution in [3.8, 4) is 0 Å². The van der Waals surface area contributed by atoms with Crippen LogP contribution in [0.4, 0.5) is 0 Å². The maximum atomic E-state index is 12.2. The monoisotopic (exact) mass is 320 g/mol. The molecule has 0 radical (unpaired) electrons. The highest BCUT2D eigenvalue weighted by molar-refractivity contribution is 7.99. The number of carbonyl (C=O) groups is 2.